The minimum absolute atomic E-state index is 0.164. The van der Waals surface area contributed by atoms with E-state index in [0.717, 1.165) is 18.6 Å². The lowest BCUT2D eigenvalue weighted by molar-refractivity contribution is -0.385. The van der Waals surface area contributed by atoms with Crippen LogP contribution >= 0.6 is 0 Å². The lowest BCUT2D eigenvalue weighted by Gasteiger charge is -2.30. The molecule has 2 aromatic carbocycles. The molecule has 0 heterocycles. The number of fused-ring (bicyclic) bond motifs is 1. The Hall–Kier alpha value is -2.89. The number of nitro groups is 1. The Labute approximate surface area is 126 Å². The second-order valence-electron chi connectivity index (χ2n) is 5.27. The smallest absolute Gasteiger partial charge is 0.311 e. The largest absolute Gasteiger partial charge is 0.502 e. The third-order valence-corrected chi connectivity index (χ3v) is 3.90. The van der Waals surface area contributed by atoms with Crippen molar-refractivity contribution in [1.29, 1.82) is 0 Å². The molecule has 0 aliphatic heterocycles. The molecule has 3 rings (SSSR count). The summed E-state index contributed by atoms with van der Waals surface area (Å²) in [6.07, 6.45) is 0.923. The van der Waals surface area contributed by atoms with Crippen molar-refractivity contribution in [1.82, 2.24) is 5.32 Å². The minimum Gasteiger partial charge on any atom is -0.502 e. The maximum Gasteiger partial charge on any atom is 0.311 e. The predicted molar refractivity (Wildman–Crippen MR) is 80.0 cm³/mol. The van der Waals surface area contributed by atoms with Crippen molar-refractivity contribution in [3.63, 3.8) is 0 Å². The molecule has 6 nitrogen and oxygen atoms in total. The van der Waals surface area contributed by atoms with Gasteiger partial charge in [-0.2, -0.15) is 0 Å². The van der Waals surface area contributed by atoms with Crippen LogP contribution < -0.4 is 5.32 Å². The first-order chi connectivity index (χ1) is 10.6. The fourth-order valence-electron chi connectivity index (χ4n) is 2.67. The van der Waals surface area contributed by atoms with Gasteiger partial charge in [-0.25, -0.2) is 0 Å². The molecule has 0 fully saturated rings. The summed E-state index contributed by atoms with van der Waals surface area (Å²) in [5.41, 5.74) is 2.22. The van der Waals surface area contributed by atoms with Crippen LogP contribution in [0.1, 0.15) is 27.4 Å². The van der Waals surface area contributed by atoms with Gasteiger partial charge in [0.05, 0.1) is 4.92 Å². The predicted octanol–water partition coefficient (Wildman–Crippen LogP) is 2.37. The van der Waals surface area contributed by atoms with Gasteiger partial charge < -0.3 is 10.4 Å². The van der Waals surface area contributed by atoms with Crippen molar-refractivity contribution >= 4 is 11.6 Å². The van der Waals surface area contributed by atoms with E-state index in [2.05, 4.69) is 11.4 Å². The van der Waals surface area contributed by atoms with E-state index in [1.165, 1.54) is 17.2 Å². The molecule has 1 aliphatic carbocycles. The summed E-state index contributed by atoms with van der Waals surface area (Å²) in [6, 6.07) is 11.7. The number of carbonyl (C=O) groups excluding carboxylic acids is 1. The average molecular weight is 298 g/mol. The fourth-order valence-corrected chi connectivity index (χ4v) is 2.67. The molecule has 1 aliphatic rings. The minimum atomic E-state index is -0.714. The van der Waals surface area contributed by atoms with Crippen LogP contribution in [0.25, 0.3) is 0 Å². The van der Waals surface area contributed by atoms with Gasteiger partial charge in [-0.15, -0.1) is 0 Å². The molecule has 22 heavy (non-hydrogen) atoms. The number of amides is 1. The Bertz CT molecular complexity index is 758. The van der Waals surface area contributed by atoms with E-state index >= 15 is 0 Å². The highest BCUT2D eigenvalue weighted by molar-refractivity contribution is 5.95. The molecule has 0 radical (unpaired) electrons. The summed E-state index contributed by atoms with van der Waals surface area (Å²) in [7, 11) is 0. The lowest BCUT2D eigenvalue weighted by Crippen LogP contribution is -2.33. The quantitative estimate of drug-likeness (QED) is 0.669. The maximum atomic E-state index is 12.1. The standard InChI is InChI=1S/C16H14N2O4/c19-15-6-5-11(8-14(15)18(21)22)16(20)17-9-12-7-10-3-1-2-4-13(10)12/h1-6,8,12,19H,7,9H2,(H,17,20). The van der Waals surface area contributed by atoms with Gasteiger partial charge in [-0.3, -0.25) is 14.9 Å². The molecule has 2 aromatic rings. The van der Waals surface area contributed by atoms with Crippen LogP contribution in [0.5, 0.6) is 5.75 Å². The topological polar surface area (TPSA) is 92.5 Å². The molecule has 0 aromatic heterocycles. The number of phenols is 1. The van der Waals surface area contributed by atoms with Crippen LogP contribution in [0, 0.1) is 10.1 Å². The molecule has 6 heteroatoms. The van der Waals surface area contributed by atoms with Crippen molar-refractivity contribution in [3.8, 4) is 5.75 Å². The molecule has 1 atom stereocenters. The zero-order valence-corrected chi connectivity index (χ0v) is 11.7. The summed E-state index contributed by atoms with van der Waals surface area (Å²) in [4.78, 5) is 22.1. The monoisotopic (exact) mass is 298 g/mol. The number of nitro benzene ring substituents is 1. The van der Waals surface area contributed by atoms with Crippen molar-refractivity contribution in [3.05, 3.63) is 69.3 Å². The van der Waals surface area contributed by atoms with E-state index in [1.54, 1.807) is 0 Å². The zero-order chi connectivity index (χ0) is 15.7. The molecule has 0 saturated carbocycles. The number of hydrogen-bond donors (Lipinski definition) is 2. The molecule has 0 saturated heterocycles. The molecule has 0 bridgehead atoms. The highest BCUT2D eigenvalue weighted by atomic mass is 16.6. The summed E-state index contributed by atoms with van der Waals surface area (Å²) in [5.74, 6) is -0.547. The summed E-state index contributed by atoms with van der Waals surface area (Å²) in [5, 5.41) is 22.9. The number of nitrogens with zero attached hydrogens (tertiary/aromatic N) is 1. The first-order valence-corrected chi connectivity index (χ1v) is 6.89. The van der Waals surface area contributed by atoms with Crippen molar-refractivity contribution in [2.24, 2.45) is 0 Å². The van der Waals surface area contributed by atoms with Crippen molar-refractivity contribution in [2.45, 2.75) is 12.3 Å². The first kappa shape index (κ1) is 14.1. The van der Waals surface area contributed by atoms with Gasteiger partial charge in [-0.1, -0.05) is 24.3 Å². The van der Waals surface area contributed by atoms with E-state index in [0.29, 0.717) is 6.54 Å². The Morgan fingerprint density at radius 2 is 2.09 bits per heavy atom. The maximum absolute atomic E-state index is 12.1. The van der Waals surface area contributed by atoms with Crippen LogP contribution in [0.3, 0.4) is 0 Å². The van der Waals surface area contributed by atoms with Crippen molar-refractivity contribution < 1.29 is 14.8 Å². The molecule has 1 unspecified atom stereocenters. The normalized spacial score (nSPS) is 15.5. The van der Waals surface area contributed by atoms with Gasteiger partial charge >= 0.3 is 5.69 Å². The highest BCUT2D eigenvalue weighted by Crippen LogP contribution is 2.34. The van der Waals surface area contributed by atoms with E-state index in [4.69, 9.17) is 0 Å². The van der Waals surface area contributed by atoms with Gasteiger partial charge in [0, 0.05) is 24.1 Å². The Balaban J connectivity index is 1.66. The molecular weight excluding hydrogens is 284 g/mol. The third-order valence-electron chi connectivity index (χ3n) is 3.90. The number of rotatable bonds is 4. The number of benzene rings is 2. The van der Waals surface area contributed by atoms with E-state index in [9.17, 15) is 20.0 Å². The van der Waals surface area contributed by atoms with E-state index < -0.39 is 16.4 Å². The van der Waals surface area contributed by atoms with Gasteiger partial charge in [0.15, 0.2) is 5.75 Å². The van der Waals surface area contributed by atoms with Gasteiger partial charge in [-0.05, 0) is 29.7 Å². The molecule has 0 spiro atoms. The van der Waals surface area contributed by atoms with E-state index in [1.807, 2.05) is 18.2 Å². The lowest BCUT2D eigenvalue weighted by atomic mass is 9.77. The average Bonchev–Trinajstić information content (AvgIpc) is 2.48. The number of carbonyl (C=O) groups is 1. The Morgan fingerprint density at radius 3 is 2.82 bits per heavy atom. The summed E-state index contributed by atoms with van der Waals surface area (Å²) < 4.78 is 0. The Morgan fingerprint density at radius 1 is 1.32 bits per heavy atom. The summed E-state index contributed by atoms with van der Waals surface area (Å²) >= 11 is 0. The number of aromatic hydroxyl groups is 1. The van der Waals surface area contributed by atoms with Crippen LogP contribution in [0.2, 0.25) is 0 Å². The van der Waals surface area contributed by atoms with Crippen LogP contribution in [-0.2, 0) is 6.42 Å². The first-order valence-electron chi connectivity index (χ1n) is 6.89. The van der Waals surface area contributed by atoms with Gasteiger partial charge in [0.25, 0.3) is 5.91 Å². The highest BCUT2D eigenvalue weighted by Gasteiger charge is 2.26. The van der Waals surface area contributed by atoms with Crippen LogP contribution in [0.4, 0.5) is 5.69 Å². The van der Waals surface area contributed by atoms with Crippen LogP contribution in [0.15, 0.2) is 42.5 Å². The number of nitrogens with one attached hydrogen (secondary N) is 1. The van der Waals surface area contributed by atoms with Crippen molar-refractivity contribution in [2.75, 3.05) is 6.54 Å². The van der Waals surface area contributed by atoms with Gasteiger partial charge in [0.2, 0.25) is 0 Å². The summed E-state index contributed by atoms with van der Waals surface area (Å²) in [6.45, 7) is 0.491. The molecule has 1 amide bonds. The second-order valence-corrected chi connectivity index (χ2v) is 5.27. The molecular formula is C16H14N2O4. The molecule has 2 N–H and O–H groups in total. The second kappa shape index (κ2) is 5.48. The Kier molecular flexibility index (Phi) is 3.50. The van der Waals surface area contributed by atoms with Crippen LogP contribution in [-0.4, -0.2) is 22.5 Å². The molecule has 112 valence electrons. The SMILES string of the molecule is O=C(NCC1Cc2ccccc21)c1ccc(O)c([N+](=O)[O-])c1. The fraction of sp³-hybridized carbons (Fsp3) is 0.188. The number of phenolic OH excluding ortho intramolecular Hbond substituents is 1. The van der Waals surface area contributed by atoms with E-state index in [-0.39, 0.29) is 17.4 Å². The zero-order valence-electron chi connectivity index (χ0n) is 11.7. The number of hydrogen-bond acceptors (Lipinski definition) is 4. The third kappa shape index (κ3) is 2.50. The van der Waals surface area contributed by atoms with Gasteiger partial charge in [0.1, 0.15) is 0 Å².